The maximum absolute atomic E-state index is 13.7. The van der Waals surface area contributed by atoms with E-state index in [2.05, 4.69) is 5.10 Å². The van der Waals surface area contributed by atoms with Crippen LogP contribution in [0.5, 0.6) is 0 Å². The topological polar surface area (TPSA) is 55.1 Å². The first-order valence-electron chi connectivity index (χ1n) is 5.97. The fourth-order valence-corrected chi connectivity index (χ4v) is 1.99. The summed E-state index contributed by atoms with van der Waals surface area (Å²) in [6.07, 6.45) is 0. The number of rotatable bonds is 3. The Bertz CT molecular complexity index is 632. The molecule has 0 aliphatic rings. The number of nitrogens with zero attached hydrogens (tertiary/aromatic N) is 2. The van der Waals surface area contributed by atoms with Crippen molar-refractivity contribution < 1.29 is 14.3 Å². The summed E-state index contributed by atoms with van der Waals surface area (Å²) in [6, 6.07) is 6.25. The van der Waals surface area contributed by atoms with Gasteiger partial charge in [-0.2, -0.15) is 5.10 Å². The van der Waals surface area contributed by atoms with Crippen molar-refractivity contribution in [3.8, 4) is 11.3 Å². The lowest BCUT2D eigenvalue weighted by molar-refractivity contribution is 0.0689. The van der Waals surface area contributed by atoms with Crippen LogP contribution in [0, 0.1) is 5.82 Å². The van der Waals surface area contributed by atoms with E-state index in [1.165, 1.54) is 16.8 Å². The van der Waals surface area contributed by atoms with Gasteiger partial charge in [0.2, 0.25) is 0 Å². The van der Waals surface area contributed by atoms with Crippen LogP contribution in [0.1, 0.15) is 35.8 Å². The lowest BCUT2D eigenvalue weighted by Crippen LogP contribution is -1.99. The normalized spacial score (nSPS) is 11.0. The first-order chi connectivity index (χ1) is 8.90. The van der Waals surface area contributed by atoms with Gasteiger partial charge in [-0.1, -0.05) is 13.8 Å². The van der Waals surface area contributed by atoms with E-state index in [4.69, 9.17) is 5.11 Å². The smallest absolute Gasteiger partial charge is 0.356 e. The highest BCUT2D eigenvalue weighted by molar-refractivity contribution is 5.87. The molecule has 100 valence electrons. The molecule has 5 heteroatoms. The minimum atomic E-state index is -1.08. The number of carboxylic acids is 1. The van der Waals surface area contributed by atoms with Crippen molar-refractivity contribution >= 4 is 5.97 Å². The third kappa shape index (κ3) is 2.50. The molecule has 0 amide bonds. The Morgan fingerprint density at radius 1 is 1.37 bits per heavy atom. The average Bonchev–Trinajstić information content (AvgIpc) is 2.72. The van der Waals surface area contributed by atoms with Crippen LogP contribution in [-0.4, -0.2) is 20.9 Å². The second-order valence-corrected chi connectivity index (χ2v) is 4.73. The second-order valence-electron chi connectivity index (χ2n) is 4.73. The van der Waals surface area contributed by atoms with Crippen molar-refractivity contribution in [2.24, 2.45) is 7.05 Å². The number of aryl methyl sites for hydroxylation is 1. The van der Waals surface area contributed by atoms with Gasteiger partial charge in [-0.3, -0.25) is 4.68 Å². The Kier molecular flexibility index (Phi) is 3.38. The SMILES string of the molecule is CC(C)c1cc(-c2cc(C(=O)O)nn2C)ccc1F. The number of halogens is 1. The molecule has 1 N–H and O–H groups in total. The number of benzene rings is 1. The lowest BCUT2D eigenvalue weighted by atomic mass is 9.99. The molecule has 2 aromatic rings. The minimum absolute atomic E-state index is 0.0204. The van der Waals surface area contributed by atoms with Gasteiger partial charge < -0.3 is 5.11 Å². The molecule has 1 aromatic heterocycles. The molecule has 0 saturated carbocycles. The van der Waals surface area contributed by atoms with E-state index in [0.29, 0.717) is 11.3 Å². The Morgan fingerprint density at radius 3 is 2.58 bits per heavy atom. The van der Waals surface area contributed by atoms with E-state index in [0.717, 1.165) is 5.56 Å². The van der Waals surface area contributed by atoms with E-state index in [-0.39, 0.29) is 17.4 Å². The molecule has 0 bridgehead atoms. The van der Waals surface area contributed by atoms with Crippen molar-refractivity contribution in [2.75, 3.05) is 0 Å². The van der Waals surface area contributed by atoms with E-state index in [1.54, 1.807) is 19.2 Å². The van der Waals surface area contributed by atoms with Crippen LogP contribution in [0.2, 0.25) is 0 Å². The third-order valence-electron chi connectivity index (χ3n) is 3.01. The highest BCUT2D eigenvalue weighted by atomic mass is 19.1. The number of hydrogen-bond acceptors (Lipinski definition) is 2. The van der Waals surface area contributed by atoms with Gasteiger partial charge in [-0.15, -0.1) is 0 Å². The monoisotopic (exact) mass is 262 g/mol. The summed E-state index contributed by atoms with van der Waals surface area (Å²) in [5, 5.41) is 12.8. The molecule has 0 aliphatic heterocycles. The first kappa shape index (κ1) is 13.3. The van der Waals surface area contributed by atoms with Gasteiger partial charge in [-0.25, -0.2) is 9.18 Å². The molecule has 0 fully saturated rings. The van der Waals surface area contributed by atoms with Gasteiger partial charge in [0.05, 0.1) is 5.69 Å². The molecule has 2 rings (SSSR count). The van der Waals surface area contributed by atoms with Gasteiger partial charge in [0.1, 0.15) is 5.82 Å². The van der Waals surface area contributed by atoms with Crippen molar-refractivity contribution in [1.82, 2.24) is 9.78 Å². The molecule has 0 aliphatic carbocycles. The third-order valence-corrected chi connectivity index (χ3v) is 3.01. The number of carbonyl (C=O) groups is 1. The standard InChI is InChI=1S/C14H15FN2O2/c1-8(2)10-6-9(4-5-11(10)15)13-7-12(14(18)19)16-17(13)3/h4-8H,1-3H3,(H,18,19). The van der Waals surface area contributed by atoms with Gasteiger partial charge in [0.15, 0.2) is 5.69 Å². The maximum Gasteiger partial charge on any atom is 0.356 e. The molecule has 19 heavy (non-hydrogen) atoms. The lowest BCUT2D eigenvalue weighted by Gasteiger charge is -2.09. The summed E-state index contributed by atoms with van der Waals surface area (Å²) in [7, 11) is 1.67. The number of aromatic nitrogens is 2. The van der Waals surface area contributed by atoms with Gasteiger partial charge in [0, 0.05) is 12.6 Å². The second kappa shape index (κ2) is 4.84. The highest BCUT2D eigenvalue weighted by Gasteiger charge is 2.14. The molecular formula is C14H15FN2O2. The molecule has 0 saturated heterocycles. The zero-order valence-electron chi connectivity index (χ0n) is 11.0. The largest absolute Gasteiger partial charge is 0.476 e. The maximum atomic E-state index is 13.7. The molecule has 0 spiro atoms. The fourth-order valence-electron chi connectivity index (χ4n) is 1.99. The van der Waals surface area contributed by atoms with E-state index >= 15 is 0 Å². The van der Waals surface area contributed by atoms with Crippen LogP contribution < -0.4 is 0 Å². The van der Waals surface area contributed by atoms with Crippen molar-refractivity contribution in [2.45, 2.75) is 19.8 Å². The number of aromatic carboxylic acids is 1. The van der Waals surface area contributed by atoms with Crippen LogP contribution in [0.4, 0.5) is 4.39 Å². The molecule has 1 heterocycles. The molecule has 0 radical (unpaired) electrons. The zero-order valence-corrected chi connectivity index (χ0v) is 11.0. The quantitative estimate of drug-likeness (QED) is 0.924. The van der Waals surface area contributed by atoms with Crippen molar-refractivity contribution in [3.63, 3.8) is 0 Å². The highest BCUT2D eigenvalue weighted by Crippen LogP contribution is 2.26. The Balaban J connectivity index is 2.53. The summed E-state index contributed by atoms with van der Waals surface area (Å²) in [5.41, 5.74) is 2.00. The zero-order chi connectivity index (χ0) is 14.2. The summed E-state index contributed by atoms with van der Waals surface area (Å²) < 4.78 is 15.1. The number of carboxylic acid groups (broad SMARTS) is 1. The predicted molar refractivity (Wildman–Crippen MR) is 69.7 cm³/mol. The summed E-state index contributed by atoms with van der Waals surface area (Å²) >= 11 is 0. The first-order valence-corrected chi connectivity index (χ1v) is 5.97. The van der Waals surface area contributed by atoms with Gasteiger partial charge in [-0.05, 0) is 35.7 Å². The van der Waals surface area contributed by atoms with Crippen LogP contribution in [0.15, 0.2) is 24.3 Å². The fraction of sp³-hybridized carbons (Fsp3) is 0.286. The summed E-state index contributed by atoms with van der Waals surface area (Å²) in [5.74, 6) is -1.26. The molecule has 1 aromatic carbocycles. The Morgan fingerprint density at radius 2 is 2.05 bits per heavy atom. The average molecular weight is 262 g/mol. The van der Waals surface area contributed by atoms with Crippen LogP contribution in [0.25, 0.3) is 11.3 Å². The van der Waals surface area contributed by atoms with E-state index < -0.39 is 5.97 Å². The number of hydrogen-bond donors (Lipinski definition) is 1. The molecular weight excluding hydrogens is 247 g/mol. The van der Waals surface area contributed by atoms with E-state index in [9.17, 15) is 9.18 Å². The van der Waals surface area contributed by atoms with E-state index in [1.807, 2.05) is 13.8 Å². The Hall–Kier alpha value is -2.17. The summed E-state index contributed by atoms with van der Waals surface area (Å²) in [4.78, 5) is 10.9. The van der Waals surface area contributed by atoms with Gasteiger partial charge >= 0.3 is 5.97 Å². The predicted octanol–water partition coefficient (Wildman–Crippen LogP) is 3.05. The summed E-state index contributed by atoms with van der Waals surface area (Å²) in [6.45, 7) is 3.82. The Labute approximate surface area is 110 Å². The molecule has 0 unspecified atom stereocenters. The van der Waals surface area contributed by atoms with Crippen molar-refractivity contribution in [1.29, 1.82) is 0 Å². The van der Waals surface area contributed by atoms with Crippen LogP contribution >= 0.6 is 0 Å². The van der Waals surface area contributed by atoms with Crippen LogP contribution in [-0.2, 0) is 7.05 Å². The van der Waals surface area contributed by atoms with Crippen LogP contribution in [0.3, 0.4) is 0 Å². The van der Waals surface area contributed by atoms with Gasteiger partial charge in [0.25, 0.3) is 0 Å². The van der Waals surface area contributed by atoms with Crippen molar-refractivity contribution in [3.05, 3.63) is 41.3 Å². The molecule has 0 atom stereocenters. The molecule has 4 nitrogen and oxygen atoms in total. The minimum Gasteiger partial charge on any atom is -0.476 e.